The Hall–Kier alpha value is -1.75. The Morgan fingerprint density at radius 3 is 2.50 bits per heavy atom. The average Bonchev–Trinajstić information content (AvgIpc) is 2.55. The van der Waals surface area contributed by atoms with Crippen molar-refractivity contribution in [2.24, 2.45) is 0 Å². The molecule has 5 heteroatoms. The summed E-state index contributed by atoms with van der Waals surface area (Å²) in [6.07, 6.45) is 2.60. The predicted molar refractivity (Wildman–Crippen MR) is 93.4 cm³/mol. The molecule has 1 aromatic carbocycles. The molecule has 0 aromatic heterocycles. The Morgan fingerprint density at radius 1 is 1.29 bits per heavy atom. The van der Waals surface area contributed by atoms with E-state index in [1.807, 2.05) is 45.0 Å². The van der Waals surface area contributed by atoms with Crippen LogP contribution in [0, 0.1) is 0 Å². The molecule has 1 N–H and O–H groups in total. The Kier molecular flexibility index (Phi) is 6.10. The zero-order valence-corrected chi connectivity index (χ0v) is 15.1. The second-order valence-electron chi connectivity index (χ2n) is 7.30. The van der Waals surface area contributed by atoms with Gasteiger partial charge in [0, 0.05) is 18.5 Å². The molecule has 24 heavy (non-hydrogen) atoms. The van der Waals surface area contributed by atoms with Crippen molar-refractivity contribution in [2.75, 3.05) is 20.3 Å². The minimum absolute atomic E-state index is 0.00368. The molecule has 1 aliphatic rings. The maximum atomic E-state index is 12.6. The van der Waals surface area contributed by atoms with E-state index in [4.69, 9.17) is 9.47 Å². The summed E-state index contributed by atoms with van der Waals surface area (Å²) < 4.78 is 10.8. The van der Waals surface area contributed by atoms with Gasteiger partial charge in [-0.2, -0.15) is 0 Å². The second-order valence-corrected chi connectivity index (χ2v) is 7.30. The number of nitrogens with zero attached hydrogens (tertiary/aromatic N) is 1. The third kappa shape index (κ3) is 4.63. The number of carbonyl (C=O) groups is 1. The number of ether oxygens (including phenoxy) is 2. The quantitative estimate of drug-likeness (QED) is 0.914. The number of benzene rings is 1. The summed E-state index contributed by atoms with van der Waals surface area (Å²) in [5, 5.41) is 9.98. The third-order valence-corrected chi connectivity index (χ3v) is 4.38. The van der Waals surface area contributed by atoms with Gasteiger partial charge in [-0.15, -0.1) is 0 Å². The molecule has 2 atom stereocenters. The van der Waals surface area contributed by atoms with E-state index in [1.54, 1.807) is 12.0 Å². The van der Waals surface area contributed by atoms with E-state index >= 15 is 0 Å². The summed E-state index contributed by atoms with van der Waals surface area (Å²) in [7, 11) is 1.63. The van der Waals surface area contributed by atoms with E-state index in [1.165, 1.54) is 0 Å². The van der Waals surface area contributed by atoms with Gasteiger partial charge in [0.05, 0.1) is 13.7 Å². The van der Waals surface area contributed by atoms with Crippen LogP contribution >= 0.6 is 0 Å². The zero-order valence-electron chi connectivity index (χ0n) is 15.1. The fraction of sp³-hybridized carbons (Fsp3) is 0.632. The standard InChI is InChI=1S/C19H29NO4/c1-19(2,3)24-18(22)20-12-6-5-7-17(20)16(13-21)14-8-10-15(23-4)11-9-14/h8-11,16-17,21H,5-7,12-13H2,1-4H3/t16-,17-/m1/s1. The van der Waals surface area contributed by atoms with E-state index < -0.39 is 5.60 Å². The van der Waals surface area contributed by atoms with Gasteiger partial charge in [0.2, 0.25) is 0 Å². The maximum absolute atomic E-state index is 12.6. The first-order valence-corrected chi connectivity index (χ1v) is 8.60. The van der Waals surface area contributed by atoms with Crippen molar-refractivity contribution in [1.82, 2.24) is 4.90 Å². The van der Waals surface area contributed by atoms with Gasteiger partial charge in [-0.1, -0.05) is 12.1 Å². The van der Waals surface area contributed by atoms with Crippen molar-refractivity contribution in [3.05, 3.63) is 29.8 Å². The Balaban J connectivity index is 2.21. The van der Waals surface area contributed by atoms with Crippen LogP contribution in [0.4, 0.5) is 4.79 Å². The third-order valence-electron chi connectivity index (χ3n) is 4.38. The van der Waals surface area contributed by atoms with Crippen molar-refractivity contribution in [3.63, 3.8) is 0 Å². The Morgan fingerprint density at radius 2 is 1.96 bits per heavy atom. The molecule has 1 amide bonds. The molecule has 2 rings (SSSR count). The van der Waals surface area contributed by atoms with Gasteiger partial charge in [-0.05, 0) is 57.7 Å². The number of hydrogen-bond donors (Lipinski definition) is 1. The molecule has 0 radical (unpaired) electrons. The predicted octanol–water partition coefficient (Wildman–Crippen LogP) is 3.56. The molecule has 1 fully saturated rings. The van der Waals surface area contributed by atoms with Gasteiger partial charge in [0.1, 0.15) is 11.4 Å². The summed E-state index contributed by atoms with van der Waals surface area (Å²) in [5.74, 6) is 0.659. The van der Waals surface area contributed by atoms with Crippen LogP contribution in [0.3, 0.4) is 0 Å². The number of methoxy groups -OCH3 is 1. The largest absolute Gasteiger partial charge is 0.497 e. The van der Waals surface area contributed by atoms with Crippen LogP contribution in [0.1, 0.15) is 51.5 Å². The number of piperidine rings is 1. The van der Waals surface area contributed by atoms with Crippen molar-refractivity contribution < 1.29 is 19.4 Å². The summed E-state index contributed by atoms with van der Waals surface area (Å²) in [6, 6.07) is 7.65. The molecule has 1 saturated heterocycles. The first kappa shape index (κ1) is 18.6. The normalized spacial score (nSPS) is 19.7. The molecule has 0 saturated carbocycles. The van der Waals surface area contributed by atoms with Crippen LogP contribution in [0.15, 0.2) is 24.3 Å². The van der Waals surface area contributed by atoms with Gasteiger partial charge in [0.25, 0.3) is 0 Å². The summed E-state index contributed by atoms with van der Waals surface area (Å²) >= 11 is 0. The van der Waals surface area contributed by atoms with Crippen LogP contribution in [0.2, 0.25) is 0 Å². The second kappa shape index (κ2) is 7.88. The molecular weight excluding hydrogens is 306 g/mol. The number of aliphatic hydroxyl groups is 1. The minimum Gasteiger partial charge on any atom is -0.497 e. The number of carbonyl (C=O) groups excluding carboxylic acids is 1. The zero-order chi connectivity index (χ0) is 17.7. The molecule has 134 valence electrons. The molecule has 0 spiro atoms. The number of rotatable bonds is 4. The summed E-state index contributed by atoms with van der Waals surface area (Å²) in [5.41, 5.74) is 0.493. The van der Waals surface area contributed by atoms with E-state index in [2.05, 4.69) is 0 Å². The van der Waals surface area contributed by atoms with E-state index in [9.17, 15) is 9.90 Å². The van der Waals surface area contributed by atoms with E-state index in [-0.39, 0.29) is 24.7 Å². The smallest absolute Gasteiger partial charge is 0.410 e. The lowest BCUT2D eigenvalue weighted by Gasteiger charge is -2.40. The highest BCUT2D eigenvalue weighted by molar-refractivity contribution is 5.69. The molecule has 1 aromatic rings. The van der Waals surface area contributed by atoms with Crippen LogP contribution in [-0.4, -0.2) is 48.0 Å². The Bertz CT molecular complexity index is 535. The lowest BCUT2D eigenvalue weighted by molar-refractivity contribution is 0.00347. The molecule has 1 aliphatic heterocycles. The van der Waals surface area contributed by atoms with E-state index in [0.717, 1.165) is 30.6 Å². The maximum Gasteiger partial charge on any atom is 0.410 e. The molecule has 0 bridgehead atoms. The topological polar surface area (TPSA) is 59.0 Å². The summed E-state index contributed by atoms with van der Waals surface area (Å²) in [6.45, 7) is 6.28. The SMILES string of the molecule is COc1ccc([C@@H](CO)[C@H]2CCCCN2C(=O)OC(C)(C)C)cc1. The van der Waals surface area contributed by atoms with Gasteiger partial charge in [0.15, 0.2) is 0 Å². The fourth-order valence-corrected chi connectivity index (χ4v) is 3.22. The number of aliphatic hydroxyl groups excluding tert-OH is 1. The van der Waals surface area contributed by atoms with Gasteiger partial charge >= 0.3 is 6.09 Å². The monoisotopic (exact) mass is 335 g/mol. The fourth-order valence-electron chi connectivity index (χ4n) is 3.22. The molecule has 1 heterocycles. The van der Waals surface area contributed by atoms with Gasteiger partial charge < -0.3 is 19.5 Å². The lowest BCUT2D eigenvalue weighted by Crippen LogP contribution is -2.49. The first-order valence-electron chi connectivity index (χ1n) is 8.60. The van der Waals surface area contributed by atoms with Crippen LogP contribution in [-0.2, 0) is 4.74 Å². The van der Waals surface area contributed by atoms with Gasteiger partial charge in [-0.25, -0.2) is 4.79 Å². The molecular formula is C19H29NO4. The highest BCUT2D eigenvalue weighted by Gasteiger charge is 2.35. The molecule has 0 aliphatic carbocycles. The van der Waals surface area contributed by atoms with Crippen molar-refractivity contribution in [1.29, 1.82) is 0 Å². The lowest BCUT2D eigenvalue weighted by atomic mass is 9.86. The summed E-state index contributed by atoms with van der Waals surface area (Å²) in [4.78, 5) is 14.4. The highest BCUT2D eigenvalue weighted by Crippen LogP contribution is 2.32. The van der Waals surface area contributed by atoms with Crippen molar-refractivity contribution >= 4 is 6.09 Å². The molecule has 0 unspecified atom stereocenters. The average molecular weight is 335 g/mol. The number of amides is 1. The number of likely N-dealkylation sites (tertiary alicyclic amines) is 1. The van der Waals surface area contributed by atoms with Crippen LogP contribution < -0.4 is 4.74 Å². The van der Waals surface area contributed by atoms with Crippen molar-refractivity contribution in [2.45, 2.75) is 57.6 Å². The van der Waals surface area contributed by atoms with Crippen LogP contribution in [0.5, 0.6) is 5.75 Å². The van der Waals surface area contributed by atoms with Crippen molar-refractivity contribution in [3.8, 4) is 5.75 Å². The minimum atomic E-state index is -0.520. The van der Waals surface area contributed by atoms with E-state index in [0.29, 0.717) is 6.54 Å². The van der Waals surface area contributed by atoms with Crippen LogP contribution in [0.25, 0.3) is 0 Å². The highest BCUT2D eigenvalue weighted by atomic mass is 16.6. The first-order chi connectivity index (χ1) is 11.4. The molecule has 5 nitrogen and oxygen atoms in total. The Labute approximate surface area is 144 Å². The van der Waals surface area contributed by atoms with Gasteiger partial charge in [-0.3, -0.25) is 0 Å². The number of hydrogen-bond acceptors (Lipinski definition) is 4.